The molecule has 1 unspecified atom stereocenters. The predicted molar refractivity (Wildman–Crippen MR) is 112 cm³/mol. The first-order valence-corrected chi connectivity index (χ1v) is 9.32. The maximum Gasteiger partial charge on any atom is 0.416 e. The van der Waals surface area contributed by atoms with E-state index in [1.54, 1.807) is 0 Å². The number of aryl methyl sites for hydroxylation is 2. The van der Waals surface area contributed by atoms with E-state index in [1.807, 2.05) is 45.3 Å². The average Bonchev–Trinajstić information content (AvgIpc) is 2.63. The van der Waals surface area contributed by atoms with Crippen molar-refractivity contribution in [3.63, 3.8) is 0 Å². The van der Waals surface area contributed by atoms with Crippen molar-refractivity contribution in [3.05, 3.63) is 70.8 Å². The Balaban J connectivity index is 0.00000420. The van der Waals surface area contributed by atoms with E-state index in [-0.39, 0.29) is 30.8 Å². The molecule has 2 aromatic carbocycles. The van der Waals surface area contributed by atoms with Gasteiger partial charge in [0, 0.05) is 6.42 Å². The molecule has 0 bridgehead atoms. The van der Waals surface area contributed by atoms with E-state index in [0.717, 1.165) is 36.2 Å². The van der Waals surface area contributed by atoms with E-state index in [2.05, 4.69) is 10.2 Å². The number of halogens is 4. The fraction of sp³-hybridized carbons (Fsp3) is 0.409. The fourth-order valence-electron chi connectivity index (χ4n) is 2.89. The SMILES string of the molecule is Cc1ccc(C(CCN(C)C)NC(=O)CCc2ccc(C(F)(F)F)cc2)cc1.Cl. The average molecular weight is 429 g/mol. The Morgan fingerprint density at radius 2 is 1.62 bits per heavy atom. The minimum atomic E-state index is -4.34. The molecule has 160 valence electrons. The summed E-state index contributed by atoms with van der Waals surface area (Å²) in [6, 6.07) is 13.0. The number of benzene rings is 2. The maximum absolute atomic E-state index is 12.6. The molecule has 0 aliphatic rings. The van der Waals surface area contributed by atoms with Gasteiger partial charge in [-0.05, 0) is 63.7 Å². The molecule has 7 heteroatoms. The van der Waals surface area contributed by atoms with E-state index in [1.165, 1.54) is 12.1 Å². The number of amides is 1. The molecule has 0 fully saturated rings. The number of rotatable bonds is 8. The van der Waals surface area contributed by atoms with Gasteiger partial charge in [0.1, 0.15) is 0 Å². The summed E-state index contributed by atoms with van der Waals surface area (Å²) < 4.78 is 37.9. The van der Waals surface area contributed by atoms with Crippen molar-refractivity contribution in [1.29, 1.82) is 0 Å². The van der Waals surface area contributed by atoms with Crippen LogP contribution in [0.4, 0.5) is 13.2 Å². The second-order valence-corrected chi connectivity index (χ2v) is 7.32. The molecule has 29 heavy (non-hydrogen) atoms. The Bertz CT molecular complexity index is 759. The zero-order valence-corrected chi connectivity index (χ0v) is 17.7. The Morgan fingerprint density at radius 3 is 2.14 bits per heavy atom. The first-order valence-electron chi connectivity index (χ1n) is 9.32. The van der Waals surface area contributed by atoms with Gasteiger partial charge in [-0.1, -0.05) is 42.0 Å². The minimum absolute atomic E-state index is 0. The molecular formula is C22H28ClF3N2O. The lowest BCUT2D eigenvalue weighted by atomic mass is 10.0. The number of nitrogens with one attached hydrogen (secondary N) is 1. The molecule has 0 spiro atoms. The standard InChI is InChI=1S/C22H27F3N2O.ClH/c1-16-4-9-18(10-5-16)20(14-15-27(2)3)26-21(28)13-8-17-6-11-19(12-7-17)22(23,24)25;/h4-7,9-12,20H,8,13-15H2,1-3H3,(H,26,28);1H. The highest BCUT2D eigenvalue weighted by Gasteiger charge is 2.29. The van der Waals surface area contributed by atoms with Crippen LogP contribution in [0.3, 0.4) is 0 Å². The molecule has 2 rings (SSSR count). The van der Waals surface area contributed by atoms with Crippen molar-refractivity contribution < 1.29 is 18.0 Å². The Labute approximate surface area is 176 Å². The molecule has 0 saturated heterocycles. The summed E-state index contributed by atoms with van der Waals surface area (Å²) in [5.41, 5.74) is 2.24. The van der Waals surface area contributed by atoms with E-state index in [9.17, 15) is 18.0 Å². The Hall–Kier alpha value is -2.05. The molecule has 1 atom stereocenters. The number of carbonyl (C=O) groups is 1. The zero-order valence-electron chi connectivity index (χ0n) is 16.9. The van der Waals surface area contributed by atoms with Crippen LogP contribution in [0.5, 0.6) is 0 Å². The highest BCUT2D eigenvalue weighted by molar-refractivity contribution is 5.85. The monoisotopic (exact) mass is 428 g/mol. The predicted octanol–water partition coefficient (Wildman–Crippen LogP) is 5.18. The van der Waals surface area contributed by atoms with Crippen LogP contribution in [0.1, 0.15) is 41.1 Å². The molecule has 0 heterocycles. The number of hydrogen-bond acceptors (Lipinski definition) is 2. The fourth-order valence-corrected chi connectivity index (χ4v) is 2.89. The molecule has 0 aliphatic heterocycles. The first-order chi connectivity index (χ1) is 13.1. The second kappa shape index (κ2) is 11.2. The molecule has 2 aromatic rings. The van der Waals surface area contributed by atoms with Gasteiger partial charge in [0.15, 0.2) is 0 Å². The van der Waals surface area contributed by atoms with Gasteiger partial charge in [0.2, 0.25) is 5.91 Å². The van der Waals surface area contributed by atoms with Gasteiger partial charge in [-0.15, -0.1) is 12.4 Å². The number of hydrogen-bond donors (Lipinski definition) is 1. The van der Waals surface area contributed by atoms with Crippen molar-refractivity contribution in [2.24, 2.45) is 0 Å². The van der Waals surface area contributed by atoms with Gasteiger partial charge >= 0.3 is 6.18 Å². The lowest BCUT2D eigenvalue weighted by molar-refractivity contribution is -0.137. The van der Waals surface area contributed by atoms with Crippen LogP contribution < -0.4 is 5.32 Å². The third-order valence-electron chi connectivity index (χ3n) is 4.60. The van der Waals surface area contributed by atoms with Gasteiger partial charge in [0.05, 0.1) is 11.6 Å². The van der Waals surface area contributed by atoms with Crippen molar-refractivity contribution >= 4 is 18.3 Å². The van der Waals surface area contributed by atoms with Crippen LogP contribution in [-0.4, -0.2) is 31.4 Å². The third-order valence-corrected chi connectivity index (χ3v) is 4.60. The molecule has 1 amide bonds. The van der Waals surface area contributed by atoms with E-state index < -0.39 is 11.7 Å². The summed E-state index contributed by atoms with van der Waals surface area (Å²) in [5, 5.41) is 3.07. The lowest BCUT2D eigenvalue weighted by Crippen LogP contribution is -2.31. The molecule has 0 radical (unpaired) electrons. The minimum Gasteiger partial charge on any atom is -0.349 e. The molecular weight excluding hydrogens is 401 g/mol. The number of nitrogens with zero attached hydrogens (tertiary/aromatic N) is 1. The van der Waals surface area contributed by atoms with Gasteiger partial charge < -0.3 is 10.2 Å². The van der Waals surface area contributed by atoms with Gasteiger partial charge in [0.25, 0.3) is 0 Å². The highest BCUT2D eigenvalue weighted by atomic mass is 35.5. The van der Waals surface area contributed by atoms with Crippen LogP contribution in [0.15, 0.2) is 48.5 Å². The molecule has 1 N–H and O–H groups in total. The zero-order chi connectivity index (χ0) is 20.7. The summed E-state index contributed by atoms with van der Waals surface area (Å²) in [6.07, 6.45) is -2.93. The smallest absolute Gasteiger partial charge is 0.349 e. The van der Waals surface area contributed by atoms with Gasteiger partial charge in [-0.25, -0.2) is 0 Å². The van der Waals surface area contributed by atoms with E-state index in [4.69, 9.17) is 0 Å². The summed E-state index contributed by atoms with van der Waals surface area (Å²) in [6.45, 7) is 2.85. The van der Waals surface area contributed by atoms with Crippen LogP contribution in [0, 0.1) is 6.92 Å². The van der Waals surface area contributed by atoms with Gasteiger partial charge in [-0.3, -0.25) is 4.79 Å². The van der Waals surface area contributed by atoms with Crippen LogP contribution in [0.2, 0.25) is 0 Å². The van der Waals surface area contributed by atoms with Crippen molar-refractivity contribution in [2.45, 2.75) is 38.4 Å². The van der Waals surface area contributed by atoms with Crippen molar-refractivity contribution in [1.82, 2.24) is 10.2 Å². The second-order valence-electron chi connectivity index (χ2n) is 7.32. The highest BCUT2D eigenvalue weighted by Crippen LogP contribution is 2.29. The van der Waals surface area contributed by atoms with Crippen molar-refractivity contribution in [3.8, 4) is 0 Å². The Morgan fingerprint density at radius 1 is 1.03 bits per heavy atom. The van der Waals surface area contributed by atoms with Crippen LogP contribution in [-0.2, 0) is 17.4 Å². The lowest BCUT2D eigenvalue weighted by Gasteiger charge is -2.21. The van der Waals surface area contributed by atoms with E-state index >= 15 is 0 Å². The largest absolute Gasteiger partial charge is 0.416 e. The van der Waals surface area contributed by atoms with Crippen LogP contribution in [0.25, 0.3) is 0 Å². The molecule has 0 saturated carbocycles. The third kappa shape index (κ3) is 8.46. The topological polar surface area (TPSA) is 32.3 Å². The maximum atomic E-state index is 12.6. The molecule has 0 aromatic heterocycles. The summed E-state index contributed by atoms with van der Waals surface area (Å²) in [4.78, 5) is 14.5. The Kier molecular flexibility index (Phi) is 9.66. The molecule has 0 aliphatic carbocycles. The quantitative estimate of drug-likeness (QED) is 0.628. The first kappa shape index (κ1) is 25.0. The van der Waals surface area contributed by atoms with E-state index in [0.29, 0.717) is 12.0 Å². The van der Waals surface area contributed by atoms with Crippen molar-refractivity contribution in [2.75, 3.05) is 20.6 Å². The summed E-state index contributed by atoms with van der Waals surface area (Å²) >= 11 is 0. The summed E-state index contributed by atoms with van der Waals surface area (Å²) in [7, 11) is 3.97. The normalized spacial score (nSPS) is 12.4. The number of carbonyl (C=O) groups excluding carboxylic acids is 1. The molecule has 3 nitrogen and oxygen atoms in total. The van der Waals surface area contributed by atoms with Gasteiger partial charge in [-0.2, -0.15) is 13.2 Å². The van der Waals surface area contributed by atoms with Crippen LogP contribution >= 0.6 is 12.4 Å². The number of alkyl halides is 3. The summed E-state index contributed by atoms with van der Waals surface area (Å²) in [5.74, 6) is -0.107.